The molecule has 0 N–H and O–H groups in total. The van der Waals surface area contributed by atoms with Crippen LogP contribution < -0.4 is 10.4 Å². The first-order chi connectivity index (χ1) is 20.8. The highest BCUT2D eigenvalue weighted by Gasteiger charge is 2.35. The van der Waals surface area contributed by atoms with Gasteiger partial charge in [0.1, 0.15) is 0 Å². The summed E-state index contributed by atoms with van der Waals surface area (Å²) in [5.41, 5.74) is 9.77. The van der Waals surface area contributed by atoms with Gasteiger partial charge in [0.2, 0.25) is 0 Å². The molecule has 0 saturated carbocycles. The highest BCUT2D eigenvalue weighted by molar-refractivity contribution is 5.87. The molecule has 5 aliphatic rings. The first-order valence-corrected chi connectivity index (χ1v) is 15.3. The Hall–Kier alpha value is -4.68. The largest absolute Gasteiger partial charge is 0.0767 e. The Kier molecular flexibility index (Phi) is 6.34. The van der Waals surface area contributed by atoms with Crippen molar-refractivity contribution in [3.05, 3.63) is 197 Å². The number of benzene rings is 3. The smallest absolute Gasteiger partial charge is 0.0137 e. The predicted molar refractivity (Wildman–Crippen MR) is 177 cm³/mol. The zero-order valence-corrected chi connectivity index (χ0v) is 23.7. The van der Waals surface area contributed by atoms with E-state index in [1.165, 1.54) is 49.4 Å². The van der Waals surface area contributed by atoms with Crippen LogP contribution in [0.4, 0.5) is 0 Å². The maximum Gasteiger partial charge on any atom is 0.0137 e. The molecule has 0 heteroatoms. The first-order valence-electron chi connectivity index (χ1n) is 15.3. The van der Waals surface area contributed by atoms with E-state index in [-0.39, 0.29) is 0 Å². The Bertz CT molecular complexity index is 1900. The van der Waals surface area contributed by atoms with Gasteiger partial charge < -0.3 is 0 Å². The van der Waals surface area contributed by atoms with Crippen molar-refractivity contribution in [3.8, 4) is 0 Å². The van der Waals surface area contributed by atoms with Crippen LogP contribution in [0.3, 0.4) is 0 Å². The van der Waals surface area contributed by atoms with Crippen molar-refractivity contribution >= 4 is 16.7 Å². The van der Waals surface area contributed by atoms with Crippen molar-refractivity contribution < 1.29 is 0 Å². The number of allylic oxidation sites excluding steroid dienone is 16. The van der Waals surface area contributed by atoms with Gasteiger partial charge >= 0.3 is 0 Å². The van der Waals surface area contributed by atoms with Gasteiger partial charge in [-0.05, 0) is 55.9 Å². The number of fused-ring (bicyclic) bond motifs is 3. The van der Waals surface area contributed by atoms with E-state index < -0.39 is 0 Å². The van der Waals surface area contributed by atoms with Gasteiger partial charge in [0.15, 0.2) is 0 Å². The zero-order chi connectivity index (χ0) is 27.9. The Morgan fingerprint density at radius 2 is 1.12 bits per heavy atom. The minimum Gasteiger partial charge on any atom is -0.0767 e. The average Bonchev–Trinajstić information content (AvgIpc) is 3.07. The third-order valence-corrected chi connectivity index (χ3v) is 9.54. The summed E-state index contributed by atoms with van der Waals surface area (Å²) in [6, 6.07) is 31.1. The summed E-state index contributed by atoms with van der Waals surface area (Å²) in [6.07, 6.45) is 31.7. The van der Waals surface area contributed by atoms with Gasteiger partial charge in [-0.1, -0.05) is 164 Å². The molecule has 202 valence electrons. The minimum absolute atomic E-state index is 0.298. The van der Waals surface area contributed by atoms with Gasteiger partial charge in [0.05, 0.1) is 0 Å². The molecule has 0 aliphatic heterocycles. The van der Waals surface area contributed by atoms with E-state index in [1.54, 1.807) is 0 Å². The monoisotopic (exact) mass is 538 g/mol. The molecular weight excluding hydrogens is 504 g/mol. The van der Waals surface area contributed by atoms with E-state index in [1.807, 2.05) is 0 Å². The molecule has 5 unspecified atom stereocenters. The molecule has 5 atom stereocenters. The van der Waals surface area contributed by atoms with Crippen LogP contribution >= 0.6 is 0 Å². The van der Waals surface area contributed by atoms with Gasteiger partial charge in [-0.3, -0.25) is 0 Å². The van der Waals surface area contributed by atoms with Gasteiger partial charge in [-0.25, -0.2) is 0 Å². The van der Waals surface area contributed by atoms with Gasteiger partial charge in [0, 0.05) is 29.6 Å². The molecular formula is C42H34. The maximum absolute atomic E-state index is 2.51. The maximum atomic E-state index is 2.51. The second-order valence-electron chi connectivity index (χ2n) is 12.0. The third kappa shape index (κ3) is 4.39. The molecule has 0 radical (unpaired) electrons. The molecule has 5 aliphatic carbocycles. The van der Waals surface area contributed by atoms with Crippen molar-refractivity contribution in [2.24, 2.45) is 23.7 Å². The Balaban J connectivity index is 1.35. The van der Waals surface area contributed by atoms with Crippen molar-refractivity contribution in [1.29, 1.82) is 0 Å². The topological polar surface area (TPSA) is 0 Å². The van der Waals surface area contributed by atoms with Gasteiger partial charge in [-0.2, -0.15) is 0 Å². The van der Waals surface area contributed by atoms with Crippen molar-refractivity contribution in [2.75, 3.05) is 0 Å². The molecule has 0 aromatic heterocycles. The molecule has 3 aromatic rings. The summed E-state index contributed by atoms with van der Waals surface area (Å²) in [6.45, 7) is 0. The van der Waals surface area contributed by atoms with E-state index in [0.717, 1.165) is 6.42 Å². The standard InChI is InChI=1S/C42H34/c1-3-13-29(14-4-1)34-26-35(30-15-5-2-6-16-30)28-36(27-34)42-39-21-11-9-19-37(39)41(38-20-10-12-22-40(38)42)33-24-23-31-17-7-8-18-32(31)25-33/h1-27,31-32,35,37,39H,28H2. The molecule has 0 saturated heterocycles. The number of rotatable bonds is 4. The second kappa shape index (κ2) is 10.6. The highest BCUT2D eigenvalue weighted by Crippen LogP contribution is 2.46. The van der Waals surface area contributed by atoms with E-state index in [9.17, 15) is 0 Å². The molecule has 0 spiro atoms. The fourth-order valence-electron chi connectivity index (χ4n) is 7.58. The van der Waals surface area contributed by atoms with Crippen LogP contribution in [0.2, 0.25) is 0 Å². The Morgan fingerprint density at radius 3 is 1.88 bits per heavy atom. The lowest BCUT2D eigenvalue weighted by atomic mass is 9.67. The summed E-state index contributed by atoms with van der Waals surface area (Å²) in [5.74, 6) is 1.82. The molecule has 0 amide bonds. The number of hydrogen-bond acceptors (Lipinski definition) is 0. The number of hydrogen-bond donors (Lipinski definition) is 0. The normalized spacial score (nSPS) is 27.0. The Morgan fingerprint density at radius 1 is 0.500 bits per heavy atom. The molecule has 42 heavy (non-hydrogen) atoms. The molecule has 0 heterocycles. The van der Waals surface area contributed by atoms with Crippen LogP contribution in [-0.2, 0) is 0 Å². The summed E-state index contributed by atoms with van der Waals surface area (Å²) >= 11 is 0. The van der Waals surface area contributed by atoms with Crippen molar-refractivity contribution in [1.82, 2.24) is 0 Å². The fourth-order valence-corrected chi connectivity index (χ4v) is 7.58. The molecule has 3 aromatic carbocycles. The Labute approximate surface area is 248 Å². The quantitative estimate of drug-likeness (QED) is 0.313. The third-order valence-electron chi connectivity index (χ3n) is 9.54. The van der Waals surface area contributed by atoms with Crippen LogP contribution in [0.15, 0.2) is 175 Å². The van der Waals surface area contributed by atoms with Crippen molar-refractivity contribution in [3.63, 3.8) is 0 Å². The van der Waals surface area contributed by atoms with E-state index in [4.69, 9.17) is 0 Å². The highest BCUT2D eigenvalue weighted by atomic mass is 14.4. The van der Waals surface area contributed by atoms with Crippen molar-refractivity contribution in [2.45, 2.75) is 12.3 Å². The lowest BCUT2D eigenvalue weighted by Crippen LogP contribution is -2.41. The van der Waals surface area contributed by atoms with Crippen LogP contribution in [0.5, 0.6) is 0 Å². The zero-order valence-electron chi connectivity index (χ0n) is 23.7. The average molecular weight is 539 g/mol. The van der Waals surface area contributed by atoms with Gasteiger partial charge in [0.25, 0.3) is 0 Å². The lowest BCUT2D eigenvalue weighted by molar-refractivity contribution is 0.646. The summed E-state index contributed by atoms with van der Waals surface area (Å²) in [7, 11) is 0. The summed E-state index contributed by atoms with van der Waals surface area (Å²) in [5, 5.41) is 2.77. The van der Waals surface area contributed by atoms with E-state index in [0.29, 0.717) is 29.6 Å². The predicted octanol–water partition coefficient (Wildman–Crippen LogP) is 8.41. The SMILES string of the molecule is C1=CC2C=CC(C3=c4ccccc4=C(C4=CC(c5ccccc5)=CC(c5ccccc5)C4)C4C=CC=CC34)=CC2C=C1. The second-order valence-corrected chi connectivity index (χ2v) is 12.0. The molecule has 8 rings (SSSR count). The summed E-state index contributed by atoms with van der Waals surface area (Å²) < 4.78 is 0. The van der Waals surface area contributed by atoms with Gasteiger partial charge in [-0.15, -0.1) is 0 Å². The van der Waals surface area contributed by atoms with Crippen LogP contribution in [0, 0.1) is 23.7 Å². The van der Waals surface area contributed by atoms with E-state index in [2.05, 4.69) is 164 Å². The van der Waals surface area contributed by atoms with Crippen LogP contribution in [-0.4, -0.2) is 0 Å². The van der Waals surface area contributed by atoms with E-state index >= 15 is 0 Å². The van der Waals surface area contributed by atoms with Crippen LogP contribution in [0.1, 0.15) is 23.5 Å². The fraction of sp³-hybridized carbons (Fsp3) is 0.143. The van der Waals surface area contributed by atoms with Crippen LogP contribution in [0.25, 0.3) is 16.7 Å². The molecule has 0 bridgehead atoms. The summed E-state index contributed by atoms with van der Waals surface area (Å²) in [4.78, 5) is 0. The molecule has 0 fully saturated rings. The first kappa shape index (κ1) is 25.1. The molecule has 0 nitrogen and oxygen atoms in total. The minimum atomic E-state index is 0.298. The lowest BCUT2D eigenvalue weighted by Gasteiger charge is -2.37.